The SMILES string of the molecule is Cc1ccccc1OCCN(C)C(=O)c1ccccc1C(F)(F)F. The molecule has 0 atom stereocenters. The molecule has 0 unspecified atom stereocenters. The maximum atomic E-state index is 13.0. The molecule has 2 aromatic rings. The summed E-state index contributed by atoms with van der Waals surface area (Å²) in [5, 5.41) is 0. The fourth-order valence-corrected chi connectivity index (χ4v) is 2.23. The first kappa shape index (κ1) is 17.8. The lowest BCUT2D eigenvalue weighted by Gasteiger charge is -2.20. The number of likely N-dealkylation sites (N-methyl/N-ethyl adjacent to an activating group) is 1. The Bertz CT molecular complexity index is 713. The zero-order valence-electron chi connectivity index (χ0n) is 13.4. The van der Waals surface area contributed by atoms with Crippen molar-refractivity contribution in [3.05, 3.63) is 65.2 Å². The molecule has 2 aromatic carbocycles. The summed E-state index contributed by atoms with van der Waals surface area (Å²) >= 11 is 0. The van der Waals surface area contributed by atoms with Crippen LogP contribution in [0.25, 0.3) is 0 Å². The number of rotatable bonds is 5. The van der Waals surface area contributed by atoms with Gasteiger partial charge in [0.25, 0.3) is 5.91 Å². The van der Waals surface area contributed by atoms with Gasteiger partial charge < -0.3 is 9.64 Å². The second-order valence-corrected chi connectivity index (χ2v) is 5.38. The minimum absolute atomic E-state index is 0.180. The summed E-state index contributed by atoms with van der Waals surface area (Å²) in [4.78, 5) is 13.5. The van der Waals surface area contributed by atoms with Crippen LogP contribution in [0.2, 0.25) is 0 Å². The zero-order chi connectivity index (χ0) is 17.7. The van der Waals surface area contributed by atoms with Crippen molar-refractivity contribution in [2.75, 3.05) is 20.2 Å². The Hall–Kier alpha value is -2.50. The molecule has 0 fully saturated rings. The fourth-order valence-electron chi connectivity index (χ4n) is 2.23. The molecule has 0 saturated heterocycles. The molecule has 0 saturated carbocycles. The highest BCUT2D eigenvalue weighted by Gasteiger charge is 2.35. The maximum absolute atomic E-state index is 13.0. The summed E-state index contributed by atoms with van der Waals surface area (Å²) in [5.74, 6) is 0.00495. The van der Waals surface area contributed by atoms with E-state index in [1.807, 2.05) is 25.1 Å². The monoisotopic (exact) mass is 337 g/mol. The molecule has 0 aliphatic rings. The van der Waals surface area contributed by atoms with Gasteiger partial charge in [-0.2, -0.15) is 13.2 Å². The molecule has 0 aliphatic carbocycles. The highest BCUT2D eigenvalue weighted by molar-refractivity contribution is 5.95. The minimum atomic E-state index is -4.56. The van der Waals surface area contributed by atoms with Gasteiger partial charge in [-0.15, -0.1) is 0 Å². The van der Waals surface area contributed by atoms with E-state index in [1.165, 1.54) is 30.1 Å². The van der Waals surface area contributed by atoms with Gasteiger partial charge in [0, 0.05) is 7.05 Å². The third-order valence-corrected chi connectivity index (χ3v) is 3.59. The number of aryl methyl sites for hydroxylation is 1. The first-order valence-electron chi connectivity index (χ1n) is 7.41. The van der Waals surface area contributed by atoms with Crippen LogP contribution < -0.4 is 4.74 Å². The Kier molecular flexibility index (Phi) is 5.49. The van der Waals surface area contributed by atoms with Gasteiger partial charge in [-0.1, -0.05) is 30.3 Å². The summed E-state index contributed by atoms with van der Waals surface area (Å²) in [6, 6.07) is 12.2. The van der Waals surface area contributed by atoms with Crippen LogP contribution in [0.5, 0.6) is 5.75 Å². The van der Waals surface area contributed by atoms with E-state index < -0.39 is 17.6 Å². The van der Waals surface area contributed by atoms with E-state index in [2.05, 4.69) is 0 Å². The second-order valence-electron chi connectivity index (χ2n) is 5.38. The number of halogens is 3. The number of alkyl halides is 3. The van der Waals surface area contributed by atoms with Crippen molar-refractivity contribution < 1.29 is 22.7 Å². The quantitative estimate of drug-likeness (QED) is 0.820. The predicted octanol–water partition coefficient (Wildman–Crippen LogP) is 4.16. The van der Waals surface area contributed by atoms with Gasteiger partial charge >= 0.3 is 6.18 Å². The number of benzene rings is 2. The van der Waals surface area contributed by atoms with Crippen molar-refractivity contribution in [3.63, 3.8) is 0 Å². The lowest BCUT2D eigenvalue weighted by molar-refractivity contribution is -0.138. The van der Waals surface area contributed by atoms with E-state index >= 15 is 0 Å². The molecule has 0 aromatic heterocycles. The van der Waals surface area contributed by atoms with Gasteiger partial charge in [0.05, 0.1) is 17.7 Å². The molecule has 0 heterocycles. The molecule has 6 heteroatoms. The van der Waals surface area contributed by atoms with E-state index in [4.69, 9.17) is 4.74 Å². The van der Waals surface area contributed by atoms with E-state index in [-0.39, 0.29) is 18.7 Å². The number of carbonyl (C=O) groups excluding carboxylic acids is 1. The topological polar surface area (TPSA) is 29.5 Å². The molecule has 0 spiro atoms. The normalized spacial score (nSPS) is 11.2. The molecule has 0 radical (unpaired) electrons. The Morgan fingerprint density at radius 2 is 1.71 bits per heavy atom. The fraction of sp³-hybridized carbons (Fsp3) is 0.278. The molecular formula is C18H18F3NO2. The van der Waals surface area contributed by atoms with Crippen LogP contribution in [0, 0.1) is 6.92 Å². The summed E-state index contributed by atoms with van der Waals surface area (Å²) in [6.45, 7) is 2.27. The maximum Gasteiger partial charge on any atom is 0.417 e. The molecule has 128 valence electrons. The van der Waals surface area contributed by atoms with Gasteiger partial charge in [-0.05, 0) is 30.7 Å². The minimum Gasteiger partial charge on any atom is -0.491 e. The van der Waals surface area contributed by atoms with Crippen molar-refractivity contribution in [2.24, 2.45) is 0 Å². The first-order valence-corrected chi connectivity index (χ1v) is 7.41. The summed E-state index contributed by atoms with van der Waals surface area (Å²) in [5.41, 5.74) is -0.334. The van der Waals surface area contributed by atoms with E-state index in [1.54, 1.807) is 6.07 Å². The van der Waals surface area contributed by atoms with Gasteiger partial charge in [0.1, 0.15) is 12.4 Å². The highest BCUT2D eigenvalue weighted by Crippen LogP contribution is 2.32. The van der Waals surface area contributed by atoms with Crippen LogP contribution in [0.1, 0.15) is 21.5 Å². The molecule has 1 amide bonds. The lowest BCUT2D eigenvalue weighted by Crippen LogP contribution is -2.32. The molecule has 0 bridgehead atoms. The van der Waals surface area contributed by atoms with Crippen LogP contribution in [0.4, 0.5) is 13.2 Å². The number of nitrogens with zero attached hydrogens (tertiary/aromatic N) is 1. The smallest absolute Gasteiger partial charge is 0.417 e. The van der Waals surface area contributed by atoms with Crippen molar-refractivity contribution in [1.29, 1.82) is 0 Å². The Morgan fingerprint density at radius 1 is 1.08 bits per heavy atom. The molecule has 3 nitrogen and oxygen atoms in total. The predicted molar refractivity (Wildman–Crippen MR) is 85.1 cm³/mol. The van der Waals surface area contributed by atoms with Crippen LogP contribution in [-0.2, 0) is 6.18 Å². The molecule has 0 aliphatic heterocycles. The Morgan fingerprint density at radius 3 is 2.38 bits per heavy atom. The van der Waals surface area contributed by atoms with Gasteiger partial charge in [0.15, 0.2) is 0 Å². The van der Waals surface area contributed by atoms with Crippen molar-refractivity contribution in [3.8, 4) is 5.75 Å². The van der Waals surface area contributed by atoms with Crippen LogP contribution >= 0.6 is 0 Å². The average Bonchev–Trinajstić information content (AvgIpc) is 2.55. The summed E-state index contributed by atoms with van der Waals surface area (Å²) < 4.78 is 44.6. The number of hydrogen-bond acceptors (Lipinski definition) is 2. The highest BCUT2D eigenvalue weighted by atomic mass is 19.4. The van der Waals surface area contributed by atoms with E-state index in [0.717, 1.165) is 11.6 Å². The molecule has 24 heavy (non-hydrogen) atoms. The molecule has 2 rings (SSSR count). The Balaban J connectivity index is 2.02. The molecule has 0 N–H and O–H groups in total. The van der Waals surface area contributed by atoms with Crippen LogP contribution in [0.15, 0.2) is 48.5 Å². The largest absolute Gasteiger partial charge is 0.491 e. The van der Waals surface area contributed by atoms with Crippen LogP contribution in [0.3, 0.4) is 0 Å². The zero-order valence-corrected chi connectivity index (χ0v) is 13.4. The second kappa shape index (κ2) is 7.38. The number of ether oxygens (including phenoxy) is 1. The van der Waals surface area contributed by atoms with Crippen molar-refractivity contribution in [2.45, 2.75) is 13.1 Å². The average molecular weight is 337 g/mol. The van der Waals surface area contributed by atoms with E-state index in [0.29, 0.717) is 5.75 Å². The van der Waals surface area contributed by atoms with Gasteiger partial charge in [-0.25, -0.2) is 0 Å². The summed E-state index contributed by atoms with van der Waals surface area (Å²) in [7, 11) is 1.46. The standard InChI is InChI=1S/C18H18F3NO2/c1-13-7-3-6-10-16(13)24-12-11-22(2)17(23)14-8-4-5-9-15(14)18(19,20)21/h3-10H,11-12H2,1-2H3. The molecular weight excluding hydrogens is 319 g/mol. The van der Waals surface area contributed by atoms with E-state index in [9.17, 15) is 18.0 Å². The number of hydrogen-bond donors (Lipinski definition) is 0. The third kappa shape index (κ3) is 4.28. The van der Waals surface area contributed by atoms with Gasteiger partial charge in [-0.3, -0.25) is 4.79 Å². The van der Waals surface area contributed by atoms with Crippen LogP contribution in [-0.4, -0.2) is 31.0 Å². The number of amides is 1. The van der Waals surface area contributed by atoms with Crippen molar-refractivity contribution >= 4 is 5.91 Å². The summed E-state index contributed by atoms with van der Waals surface area (Å²) in [6.07, 6.45) is -4.56. The van der Waals surface area contributed by atoms with Crippen molar-refractivity contribution in [1.82, 2.24) is 4.90 Å². The number of carbonyl (C=O) groups is 1. The van der Waals surface area contributed by atoms with Gasteiger partial charge in [0.2, 0.25) is 0 Å². The number of para-hydroxylation sites is 1. The third-order valence-electron chi connectivity index (χ3n) is 3.59. The first-order chi connectivity index (χ1) is 11.3. The Labute approximate surface area is 138 Å². The lowest BCUT2D eigenvalue weighted by atomic mass is 10.1.